The Balaban J connectivity index is 1.80. The maximum absolute atomic E-state index is 12.4. The first-order valence-corrected chi connectivity index (χ1v) is 9.47. The summed E-state index contributed by atoms with van der Waals surface area (Å²) >= 11 is 1.17. The zero-order valence-corrected chi connectivity index (χ0v) is 13.3. The molecule has 0 spiro atoms. The largest absolute Gasteiger partial charge is 0.382 e. The van der Waals surface area contributed by atoms with Gasteiger partial charge in [0.05, 0.1) is 5.25 Å². The Morgan fingerprint density at radius 1 is 1.40 bits per heavy atom. The molecule has 3 N–H and O–H groups in total. The van der Waals surface area contributed by atoms with E-state index < -0.39 is 9.84 Å². The molecule has 3 rings (SSSR count). The molecule has 7 heteroatoms. The molecule has 0 radical (unpaired) electrons. The van der Waals surface area contributed by atoms with Gasteiger partial charge in [-0.15, -0.1) is 0 Å². The predicted octanol–water partition coefficient (Wildman–Crippen LogP) is 2.65. The molecule has 0 saturated heterocycles. The number of nitrogens with one attached hydrogen (secondary N) is 1. The summed E-state index contributed by atoms with van der Waals surface area (Å²) in [6.07, 6.45) is 6.40. The van der Waals surface area contributed by atoms with Crippen LogP contribution in [0.1, 0.15) is 45.4 Å². The lowest BCUT2D eigenvalue weighted by molar-refractivity contribution is 0.362. The number of nitrogen functional groups attached to an aromatic ring is 1. The topological polar surface area (TPSA) is 85.1 Å². The Kier molecular flexibility index (Phi) is 3.44. The molecular formula is C13H21N3O2S2. The summed E-state index contributed by atoms with van der Waals surface area (Å²) in [6, 6.07) is 0. The molecule has 2 fully saturated rings. The Bertz CT molecular complexity index is 599. The summed E-state index contributed by atoms with van der Waals surface area (Å²) in [5.41, 5.74) is 6.05. The second-order valence-electron chi connectivity index (χ2n) is 6.34. The van der Waals surface area contributed by atoms with Crippen LogP contribution in [-0.4, -0.2) is 24.6 Å². The number of nitrogens with two attached hydrogens (primary N) is 1. The molecule has 112 valence electrons. The van der Waals surface area contributed by atoms with Crippen LogP contribution in [0.5, 0.6) is 0 Å². The zero-order valence-electron chi connectivity index (χ0n) is 11.7. The van der Waals surface area contributed by atoms with Gasteiger partial charge in [0, 0.05) is 6.54 Å². The van der Waals surface area contributed by atoms with Gasteiger partial charge < -0.3 is 11.1 Å². The van der Waals surface area contributed by atoms with Crippen LogP contribution in [0, 0.1) is 5.41 Å². The van der Waals surface area contributed by atoms with Crippen LogP contribution in [0.3, 0.4) is 0 Å². The van der Waals surface area contributed by atoms with Crippen molar-refractivity contribution in [3.05, 3.63) is 0 Å². The van der Waals surface area contributed by atoms with E-state index >= 15 is 0 Å². The predicted molar refractivity (Wildman–Crippen MR) is 81.8 cm³/mol. The minimum atomic E-state index is -3.29. The maximum Gasteiger partial charge on any atom is 0.187 e. The minimum Gasteiger partial charge on any atom is -0.382 e. The van der Waals surface area contributed by atoms with Crippen molar-refractivity contribution in [3.8, 4) is 0 Å². The molecule has 0 bridgehead atoms. The highest BCUT2D eigenvalue weighted by molar-refractivity contribution is 7.92. The number of hydrogen-bond donors (Lipinski definition) is 2. The minimum absolute atomic E-state index is 0.154. The third-order valence-electron chi connectivity index (χ3n) is 4.41. The van der Waals surface area contributed by atoms with Crippen LogP contribution in [0.15, 0.2) is 4.90 Å². The van der Waals surface area contributed by atoms with E-state index in [1.165, 1.54) is 37.2 Å². The van der Waals surface area contributed by atoms with Crippen molar-refractivity contribution in [3.63, 3.8) is 0 Å². The van der Waals surface area contributed by atoms with Gasteiger partial charge in [-0.05, 0) is 42.6 Å². The highest BCUT2D eigenvalue weighted by Crippen LogP contribution is 2.42. The molecule has 1 aromatic heterocycles. The van der Waals surface area contributed by atoms with Crippen molar-refractivity contribution in [2.24, 2.45) is 5.41 Å². The molecular weight excluding hydrogens is 294 g/mol. The summed E-state index contributed by atoms with van der Waals surface area (Å²) in [5, 5.41) is 3.68. The van der Waals surface area contributed by atoms with E-state index in [1.54, 1.807) is 0 Å². The van der Waals surface area contributed by atoms with Crippen molar-refractivity contribution in [2.45, 2.75) is 55.6 Å². The van der Waals surface area contributed by atoms with Gasteiger partial charge in [-0.25, -0.2) is 8.42 Å². The van der Waals surface area contributed by atoms with Crippen LogP contribution in [0.25, 0.3) is 0 Å². The second-order valence-corrected chi connectivity index (χ2v) is 9.28. The van der Waals surface area contributed by atoms with E-state index in [1.807, 2.05) is 0 Å². The highest BCUT2D eigenvalue weighted by atomic mass is 32.2. The van der Waals surface area contributed by atoms with Gasteiger partial charge in [0.1, 0.15) is 9.90 Å². The number of aromatic nitrogens is 1. The van der Waals surface area contributed by atoms with Crippen LogP contribution < -0.4 is 11.1 Å². The molecule has 0 amide bonds. The first kappa shape index (κ1) is 14.1. The summed E-state index contributed by atoms with van der Waals surface area (Å²) in [7, 11) is -3.29. The van der Waals surface area contributed by atoms with Crippen molar-refractivity contribution >= 4 is 32.2 Å². The molecule has 2 aliphatic carbocycles. The number of hydrogen-bond acceptors (Lipinski definition) is 6. The summed E-state index contributed by atoms with van der Waals surface area (Å²) in [4.78, 5) is 0.242. The van der Waals surface area contributed by atoms with Gasteiger partial charge in [0.25, 0.3) is 0 Å². The fourth-order valence-corrected chi connectivity index (χ4v) is 5.81. The summed E-state index contributed by atoms with van der Waals surface area (Å²) < 4.78 is 28.9. The zero-order chi connectivity index (χ0) is 14.4. The van der Waals surface area contributed by atoms with E-state index in [2.05, 4.69) is 16.6 Å². The lowest BCUT2D eigenvalue weighted by Gasteiger charge is -2.24. The van der Waals surface area contributed by atoms with Crippen molar-refractivity contribution in [1.29, 1.82) is 0 Å². The number of nitrogens with zero attached hydrogens (tertiary/aromatic N) is 1. The van der Waals surface area contributed by atoms with Crippen molar-refractivity contribution in [2.75, 3.05) is 17.6 Å². The molecule has 2 aliphatic rings. The first-order chi connectivity index (χ1) is 9.42. The van der Waals surface area contributed by atoms with E-state index in [0.717, 1.165) is 19.4 Å². The smallest absolute Gasteiger partial charge is 0.187 e. The third kappa shape index (κ3) is 2.53. The van der Waals surface area contributed by atoms with Crippen LogP contribution >= 0.6 is 11.5 Å². The van der Waals surface area contributed by atoms with E-state index in [4.69, 9.17) is 5.73 Å². The first-order valence-electron chi connectivity index (χ1n) is 7.15. The fourth-order valence-electron chi connectivity index (χ4n) is 2.93. The van der Waals surface area contributed by atoms with Gasteiger partial charge in [-0.3, -0.25) is 0 Å². The lowest BCUT2D eigenvalue weighted by Crippen LogP contribution is -2.23. The van der Waals surface area contributed by atoms with Gasteiger partial charge in [0.15, 0.2) is 15.7 Å². The Morgan fingerprint density at radius 2 is 2.05 bits per heavy atom. The van der Waals surface area contributed by atoms with Crippen LogP contribution in [0.2, 0.25) is 0 Å². The molecule has 0 unspecified atom stereocenters. The SMILES string of the molecule is CC1(CNc2snc(N)c2S(=O)(=O)C2CC2)CCCC1. The normalized spacial score (nSPS) is 22.1. The summed E-state index contributed by atoms with van der Waals surface area (Å²) in [6.45, 7) is 3.05. The Morgan fingerprint density at radius 3 is 2.65 bits per heavy atom. The molecule has 1 aromatic rings. The molecule has 0 atom stereocenters. The van der Waals surface area contributed by atoms with E-state index in [-0.39, 0.29) is 21.4 Å². The molecule has 2 saturated carbocycles. The quantitative estimate of drug-likeness (QED) is 0.872. The Labute approximate surface area is 124 Å². The van der Waals surface area contributed by atoms with Gasteiger partial charge in [0.2, 0.25) is 0 Å². The van der Waals surface area contributed by atoms with E-state index in [9.17, 15) is 8.42 Å². The second kappa shape index (κ2) is 4.87. The molecule has 0 aliphatic heterocycles. The van der Waals surface area contributed by atoms with Crippen LogP contribution in [0.4, 0.5) is 10.8 Å². The number of anilines is 2. The molecule has 5 nitrogen and oxygen atoms in total. The fraction of sp³-hybridized carbons (Fsp3) is 0.769. The lowest BCUT2D eigenvalue weighted by atomic mass is 9.89. The molecule has 1 heterocycles. The van der Waals surface area contributed by atoms with Crippen molar-refractivity contribution in [1.82, 2.24) is 4.37 Å². The van der Waals surface area contributed by atoms with Gasteiger partial charge in [-0.2, -0.15) is 4.37 Å². The van der Waals surface area contributed by atoms with Crippen molar-refractivity contribution < 1.29 is 8.42 Å². The average molecular weight is 315 g/mol. The molecule has 0 aromatic carbocycles. The third-order valence-corrected chi connectivity index (χ3v) is 7.69. The van der Waals surface area contributed by atoms with Gasteiger partial charge in [-0.1, -0.05) is 19.8 Å². The monoisotopic (exact) mass is 315 g/mol. The average Bonchev–Trinajstić information content (AvgIpc) is 3.07. The number of rotatable bonds is 5. The van der Waals surface area contributed by atoms with E-state index in [0.29, 0.717) is 5.00 Å². The summed E-state index contributed by atoms with van der Waals surface area (Å²) in [5.74, 6) is 0.154. The highest BCUT2D eigenvalue weighted by Gasteiger charge is 2.41. The number of sulfone groups is 1. The standard InChI is InChI=1S/C13H21N3O2S2/c1-13(6-2-3-7-13)8-15-12-10(11(14)16-19-12)20(17,18)9-4-5-9/h9,15H,2-8H2,1H3,(H2,14,16). The van der Waals surface area contributed by atoms with Crippen LogP contribution in [-0.2, 0) is 9.84 Å². The maximum atomic E-state index is 12.4. The Hall–Kier alpha value is -0.820. The molecule has 20 heavy (non-hydrogen) atoms. The van der Waals surface area contributed by atoms with Gasteiger partial charge >= 0.3 is 0 Å².